The molecular formula is C33H39NO3. The summed E-state index contributed by atoms with van der Waals surface area (Å²) in [6, 6.07) is 27.6. The standard InChI is InChI=1S/C21H21NO.C11H14O2.CH4/c1-3-21(2,19-7-5-4-6-8-19)20(23)14-16-9-10-18-15-22-12-11-17(18)13-16;1-3-11(2,10(12)13)9-7-5-4-6-8-9;/h4-13,15H,3,14H2,1-2H3;4-8H,3H2,1-2H3,(H,12,13);1H4. The molecule has 1 aromatic heterocycles. The van der Waals surface area contributed by atoms with Crippen LogP contribution in [0.4, 0.5) is 0 Å². The summed E-state index contributed by atoms with van der Waals surface area (Å²) in [5.41, 5.74) is 1.84. The number of rotatable bonds is 8. The van der Waals surface area contributed by atoms with E-state index in [1.807, 2.05) is 92.0 Å². The first-order chi connectivity index (χ1) is 17.2. The van der Waals surface area contributed by atoms with Crippen molar-refractivity contribution in [3.05, 3.63) is 114 Å². The Labute approximate surface area is 221 Å². The van der Waals surface area contributed by atoms with Crippen LogP contribution in [0.5, 0.6) is 0 Å². The number of carbonyl (C=O) groups is 2. The first kappa shape index (κ1) is 29.4. The Balaban J connectivity index is 0.000000295. The molecule has 2 unspecified atom stereocenters. The van der Waals surface area contributed by atoms with Crippen LogP contribution in [0, 0.1) is 0 Å². The van der Waals surface area contributed by atoms with E-state index < -0.39 is 16.8 Å². The fourth-order valence-electron chi connectivity index (χ4n) is 4.28. The number of hydrogen-bond donors (Lipinski definition) is 1. The van der Waals surface area contributed by atoms with Gasteiger partial charge >= 0.3 is 5.97 Å². The zero-order chi connectivity index (χ0) is 26.2. The van der Waals surface area contributed by atoms with E-state index in [0.717, 1.165) is 33.9 Å². The molecule has 4 nitrogen and oxygen atoms in total. The highest BCUT2D eigenvalue weighted by Crippen LogP contribution is 2.30. The third-order valence-electron chi connectivity index (χ3n) is 7.39. The number of aromatic nitrogens is 1. The van der Waals surface area contributed by atoms with E-state index in [-0.39, 0.29) is 13.2 Å². The maximum absolute atomic E-state index is 13.0. The Hall–Kier alpha value is -3.79. The summed E-state index contributed by atoms with van der Waals surface area (Å²) < 4.78 is 0. The minimum atomic E-state index is -0.763. The highest BCUT2D eigenvalue weighted by Gasteiger charge is 2.33. The molecule has 0 bridgehead atoms. The largest absolute Gasteiger partial charge is 0.481 e. The van der Waals surface area contributed by atoms with E-state index in [1.54, 1.807) is 13.1 Å². The van der Waals surface area contributed by atoms with Crippen LogP contribution in [-0.4, -0.2) is 21.8 Å². The van der Waals surface area contributed by atoms with Gasteiger partial charge in [0.05, 0.1) is 10.8 Å². The van der Waals surface area contributed by atoms with Crippen molar-refractivity contribution in [2.75, 3.05) is 0 Å². The van der Waals surface area contributed by atoms with Crippen molar-refractivity contribution in [1.82, 2.24) is 4.98 Å². The number of benzene rings is 3. The molecule has 4 aromatic rings. The third kappa shape index (κ3) is 6.71. The average Bonchev–Trinajstić information content (AvgIpc) is 2.93. The molecule has 0 aliphatic heterocycles. The summed E-state index contributed by atoms with van der Waals surface area (Å²) in [5, 5.41) is 11.3. The van der Waals surface area contributed by atoms with Gasteiger partial charge in [-0.25, -0.2) is 0 Å². The number of Topliss-reactive ketones (excluding diaryl/α,β-unsaturated/α-hetero) is 1. The van der Waals surface area contributed by atoms with Gasteiger partial charge in [-0.05, 0) is 54.8 Å². The highest BCUT2D eigenvalue weighted by atomic mass is 16.4. The Bertz CT molecular complexity index is 1300. The molecular weight excluding hydrogens is 458 g/mol. The molecule has 4 rings (SSSR count). The molecule has 0 aliphatic carbocycles. The lowest BCUT2D eigenvalue weighted by atomic mass is 9.74. The number of pyridine rings is 1. The minimum absolute atomic E-state index is 0. The Morgan fingerprint density at radius 1 is 0.757 bits per heavy atom. The van der Waals surface area contributed by atoms with E-state index in [9.17, 15) is 9.59 Å². The summed E-state index contributed by atoms with van der Waals surface area (Å²) >= 11 is 0. The number of carboxylic acids is 1. The van der Waals surface area contributed by atoms with Gasteiger partial charge in [0.2, 0.25) is 0 Å². The maximum Gasteiger partial charge on any atom is 0.313 e. The van der Waals surface area contributed by atoms with Gasteiger partial charge in [-0.1, -0.05) is 100 Å². The Kier molecular flexibility index (Phi) is 10.3. The van der Waals surface area contributed by atoms with Crippen molar-refractivity contribution >= 4 is 22.5 Å². The van der Waals surface area contributed by atoms with Crippen LogP contribution in [0.1, 0.15) is 64.7 Å². The number of aliphatic carboxylic acids is 1. The van der Waals surface area contributed by atoms with Crippen molar-refractivity contribution in [2.24, 2.45) is 0 Å². The molecule has 1 N–H and O–H groups in total. The van der Waals surface area contributed by atoms with Crippen molar-refractivity contribution in [2.45, 2.75) is 65.2 Å². The lowest BCUT2D eigenvalue weighted by Gasteiger charge is -2.27. The van der Waals surface area contributed by atoms with E-state index in [4.69, 9.17) is 5.11 Å². The van der Waals surface area contributed by atoms with Crippen LogP contribution in [0.15, 0.2) is 97.3 Å². The van der Waals surface area contributed by atoms with Crippen molar-refractivity contribution in [1.29, 1.82) is 0 Å². The summed E-state index contributed by atoms with van der Waals surface area (Å²) in [4.78, 5) is 28.2. The average molecular weight is 498 g/mol. The number of fused-ring (bicyclic) bond motifs is 1. The van der Waals surface area contributed by atoms with Gasteiger partial charge in [-0.2, -0.15) is 0 Å². The van der Waals surface area contributed by atoms with Crippen molar-refractivity contribution < 1.29 is 14.7 Å². The van der Waals surface area contributed by atoms with Gasteiger partial charge in [0.25, 0.3) is 0 Å². The second-order valence-corrected chi connectivity index (χ2v) is 9.57. The monoisotopic (exact) mass is 497 g/mol. The molecule has 0 spiro atoms. The lowest BCUT2D eigenvalue weighted by molar-refractivity contribution is -0.143. The van der Waals surface area contributed by atoms with Gasteiger partial charge in [0, 0.05) is 24.2 Å². The molecule has 0 amide bonds. The number of carbonyl (C=O) groups excluding carboxylic acids is 1. The van der Waals surface area contributed by atoms with Crippen molar-refractivity contribution in [3.63, 3.8) is 0 Å². The summed E-state index contributed by atoms with van der Waals surface area (Å²) in [5.74, 6) is -0.499. The summed E-state index contributed by atoms with van der Waals surface area (Å²) in [7, 11) is 0. The van der Waals surface area contributed by atoms with Crippen LogP contribution in [0.25, 0.3) is 10.8 Å². The van der Waals surface area contributed by atoms with Crippen LogP contribution >= 0.6 is 0 Å². The first-order valence-corrected chi connectivity index (χ1v) is 12.4. The molecule has 0 fully saturated rings. The van der Waals surface area contributed by atoms with E-state index in [1.165, 1.54) is 0 Å². The second-order valence-electron chi connectivity index (χ2n) is 9.57. The molecule has 4 heteroatoms. The van der Waals surface area contributed by atoms with Gasteiger partial charge in [0.1, 0.15) is 5.78 Å². The Morgan fingerprint density at radius 2 is 1.30 bits per heavy atom. The SMILES string of the molecule is C.CCC(C)(C(=O)Cc1ccc2cnccc2c1)c1ccccc1.CCC(C)(C(=O)O)c1ccccc1. The smallest absolute Gasteiger partial charge is 0.313 e. The third-order valence-corrected chi connectivity index (χ3v) is 7.39. The number of nitrogens with zero attached hydrogens (tertiary/aromatic N) is 1. The minimum Gasteiger partial charge on any atom is -0.481 e. The second kappa shape index (κ2) is 13.0. The van der Waals surface area contributed by atoms with Gasteiger partial charge in [0.15, 0.2) is 0 Å². The van der Waals surface area contributed by atoms with E-state index in [0.29, 0.717) is 12.8 Å². The zero-order valence-corrected chi connectivity index (χ0v) is 21.6. The van der Waals surface area contributed by atoms with Crippen LogP contribution in [0.2, 0.25) is 0 Å². The predicted molar refractivity (Wildman–Crippen MR) is 153 cm³/mol. The number of ketones is 1. The van der Waals surface area contributed by atoms with Crippen LogP contribution in [-0.2, 0) is 26.8 Å². The number of hydrogen-bond acceptors (Lipinski definition) is 3. The van der Waals surface area contributed by atoms with E-state index >= 15 is 0 Å². The number of carboxylic acid groups (broad SMARTS) is 1. The topological polar surface area (TPSA) is 67.3 Å². The quantitative estimate of drug-likeness (QED) is 0.270. The summed E-state index contributed by atoms with van der Waals surface area (Å²) in [6.07, 6.45) is 5.49. The summed E-state index contributed by atoms with van der Waals surface area (Å²) in [6.45, 7) is 7.78. The van der Waals surface area contributed by atoms with Crippen LogP contribution in [0.3, 0.4) is 0 Å². The molecule has 194 valence electrons. The highest BCUT2D eigenvalue weighted by molar-refractivity contribution is 5.92. The maximum atomic E-state index is 13.0. The molecule has 1 heterocycles. The molecule has 0 radical (unpaired) electrons. The molecule has 0 aliphatic rings. The predicted octanol–water partition coefficient (Wildman–Crippen LogP) is 7.79. The molecule has 0 saturated heterocycles. The zero-order valence-electron chi connectivity index (χ0n) is 21.6. The fraction of sp³-hybridized carbons (Fsp3) is 0.303. The molecule has 3 aromatic carbocycles. The van der Waals surface area contributed by atoms with E-state index in [2.05, 4.69) is 24.9 Å². The van der Waals surface area contributed by atoms with Gasteiger partial charge in [-0.15, -0.1) is 0 Å². The Morgan fingerprint density at radius 3 is 1.81 bits per heavy atom. The molecule has 0 saturated carbocycles. The van der Waals surface area contributed by atoms with Gasteiger partial charge in [-0.3, -0.25) is 14.6 Å². The normalized spacial score (nSPS) is 13.7. The fourth-order valence-corrected chi connectivity index (χ4v) is 4.28. The molecule has 37 heavy (non-hydrogen) atoms. The lowest BCUT2D eigenvalue weighted by Crippen LogP contribution is -2.33. The molecule has 2 atom stereocenters. The van der Waals surface area contributed by atoms with Crippen molar-refractivity contribution in [3.8, 4) is 0 Å². The van der Waals surface area contributed by atoms with Gasteiger partial charge < -0.3 is 5.11 Å². The first-order valence-electron chi connectivity index (χ1n) is 12.4. The van der Waals surface area contributed by atoms with Crippen LogP contribution < -0.4 is 0 Å².